The van der Waals surface area contributed by atoms with Gasteiger partial charge in [0.25, 0.3) is 0 Å². The average Bonchev–Trinajstić information content (AvgIpc) is 2.49. The highest BCUT2D eigenvalue weighted by Crippen LogP contribution is 2.05. The molecule has 0 radical (unpaired) electrons. The lowest BCUT2D eigenvalue weighted by Crippen LogP contribution is -2.33. The molecule has 110 valence electrons. The molecule has 20 heavy (non-hydrogen) atoms. The molecule has 0 saturated heterocycles. The number of nitrogens with two attached hydrogens (primary N) is 1. The van der Waals surface area contributed by atoms with E-state index in [4.69, 9.17) is 5.73 Å². The van der Waals surface area contributed by atoms with Crippen molar-refractivity contribution in [3.63, 3.8) is 0 Å². The number of pyridine rings is 1. The standard InChI is InChI=1S/C12H18N4O3S/c1-19-12(18)9(13)5-7-20-8-11(17)16-15-10-4-2-3-6-14-10/h2-4,6,9H,5,7-8,13H2,1H3,(H,14,15)(H,16,17). The van der Waals surface area contributed by atoms with Crippen LogP contribution in [-0.4, -0.2) is 41.5 Å². The van der Waals surface area contributed by atoms with E-state index in [1.807, 2.05) is 6.07 Å². The minimum absolute atomic E-state index is 0.174. The summed E-state index contributed by atoms with van der Waals surface area (Å²) in [4.78, 5) is 26.6. The molecule has 0 spiro atoms. The molecule has 0 bridgehead atoms. The second-order valence-corrected chi connectivity index (χ2v) is 4.96. The number of hydrogen-bond acceptors (Lipinski definition) is 7. The molecule has 0 aliphatic rings. The lowest BCUT2D eigenvalue weighted by molar-refractivity contribution is -0.142. The predicted octanol–water partition coefficient (Wildman–Crippen LogP) is 0.148. The molecule has 1 rings (SSSR count). The maximum atomic E-state index is 11.5. The van der Waals surface area contributed by atoms with E-state index in [0.29, 0.717) is 18.0 Å². The summed E-state index contributed by atoms with van der Waals surface area (Å²) in [7, 11) is 1.30. The van der Waals surface area contributed by atoms with Gasteiger partial charge in [-0.1, -0.05) is 6.07 Å². The molecule has 1 aromatic heterocycles. The Kier molecular flexibility index (Phi) is 7.44. The van der Waals surface area contributed by atoms with Crippen LogP contribution in [0.4, 0.5) is 5.82 Å². The number of hydrogen-bond donors (Lipinski definition) is 3. The van der Waals surface area contributed by atoms with Crippen molar-refractivity contribution in [2.75, 3.05) is 24.0 Å². The van der Waals surface area contributed by atoms with E-state index in [1.165, 1.54) is 18.9 Å². The van der Waals surface area contributed by atoms with Gasteiger partial charge in [-0.2, -0.15) is 11.8 Å². The fraction of sp³-hybridized carbons (Fsp3) is 0.417. The molecular weight excluding hydrogens is 280 g/mol. The molecule has 0 fully saturated rings. The Hall–Kier alpha value is -1.80. The monoisotopic (exact) mass is 298 g/mol. The highest BCUT2D eigenvalue weighted by Gasteiger charge is 2.13. The van der Waals surface area contributed by atoms with Gasteiger partial charge in [0.05, 0.1) is 12.9 Å². The number of carbonyl (C=O) groups is 2. The van der Waals surface area contributed by atoms with E-state index in [0.717, 1.165) is 0 Å². The number of methoxy groups -OCH3 is 1. The zero-order chi connectivity index (χ0) is 14.8. The van der Waals surface area contributed by atoms with Gasteiger partial charge in [0, 0.05) is 6.20 Å². The van der Waals surface area contributed by atoms with Crippen molar-refractivity contribution in [3.8, 4) is 0 Å². The molecule has 0 aromatic carbocycles. The summed E-state index contributed by atoms with van der Waals surface area (Å²) in [5.41, 5.74) is 10.8. The van der Waals surface area contributed by atoms with Crippen molar-refractivity contribution in [1.29, 1.82) is 0 Å². The first-order valence-corrected chi connectivity index (χ1v) is 7.16. The van der Waals surface area contributed by atoms with Crippen LogP contribution in [0.15, 0.2) is 24.4 Å². The zero-order valence-corrected chi connectivity index (χ0v) is 12.0. The summed E-state index contributed by atoms with van der Waals surface area (Å²) in [5.74, 6) is 0.832. The van der Waals surface area contributed by atoms with Crippen LogP contribution in [-0.2, 0) is 14.3 Å². The Morgan fingerprint density at radius 1 is 1.50 bits per heavy atom. The normalized spacial score (nSPS) is 11.5. The fourth-order valence-corrected chi connectivity index (χ4v) is 2.07. The van der Waals surface area contributed by atoms with Crippen LogP contribution < -0.4 is 16.6 Å². The molecule has 1 heterocycles. The molecule has 1 atom stereocenters. The molecule has 7 nitrogen and oxygen atoms in total. The van der Waals surface area contributed by atoms with E-state index in [2.05, 4.69) is 20.6 Å². The summed E-state index contributed by atoms with van der Waals surface area (Å²) >= 11 is 1.39. The van der Waals surface area contributed by atoms with Gasteiger partial charge in [-0.3, -0.25) is 20.4 Å². The number of ether oxygens (including phenoxy) is 1. The maximum Gasteiger partial charge on any atom is 0.322 e. The van der Waals surface area contributed by atoms with Crippen LogP contribution in [0.2, 0.25) is 0 Å². The molecule has 1 amide bonds. The summed E-state index contributed by atoms with van der Waals surface area (Å²) in [5, 5.41) is 0. The van der Waals surface area contributed by atoms with Crippen LogP contribution in [0, 0.1) is 0 Å². The predicted molar refractivity (Wildman–Crippen MR) is 77.9 cm³/mol. The van der Waals surface area contributed by atoms with Crippen molar-refractivity contribution in [2.24, 2.45) is 5.73 Å². The number of nitrogens with one attached hydrogen (secondary N) is 2. The molecule has 4 N–H and O–H groups in total. The summed E-state index contributed by atoms with van der Waals surface area (Å²) in [6, 6.07) is 4.70. The van der Waals surface area contributed by atoms with Gasteiger partial charge < -0.3 is 10.5 Å². The smallest absolute Gasteiger partial charge is 0.322 e. The maximum absolute atomic E-state index is 11.5. The number of amides is 1. The Morgan fingerprint density at radius 3 is 2.95 bits per heavy atom. The Morgan fingerprint density at radius 2 is 2.30 bits per heavy atom. The minimum Gasteiger partial charge on any atom is -0.468 e. The summed E-state index contributed by atoms with van der Waals surface area (Å²) in [6.45, 7) is 0. The van der Waals surface area contributed by atoms with E-state index in [9.17, 15) is 9.59 Å². The quantitative estimate of drug-likeness (QED) is 0.356. The SMILES string of the molecule is COC(=O)C(N)CCSCC(=O)NNc1ccccn1. The number of carbonyl (C=O) groups excluding carboxylic acids is 2. The fourth-order valence-electron chi connectivity index (χ4n) is 1.25. The van der Waals surface area contributed by atoms with E-state index >= 15 is 0 Å². The largest absolute Gasteiger partial charge is 0.468 e. The van der Waals surface area contributed by atoms with Crippen molar-refractivity contribution in [2.45, 2.75) is 12.5 Å². The lowest BCUT2D eigenvalue weighted by atomic mass is 10.2. The van der Waals surface area contributed by atoms with Crippen molar-refractivity contribution in [3.05, 3.63) is 24.4 Å². The molecular formula is C12H18N4O3S. The Labute approximate surface area is 121 Å². The first kappa shape index (κ1) is 16.3. The van der Waals surface area contributed by atoms with Gasteiger partial charge in [-0.05, 0) is 24.3 Å². The van der Waals surface area contributed by atoms with Gasteiger partial charge in [0.1, 0.15) is 11.9 Å². The van der Waals surface area contributed by atoms with E-state index in [1.54, 1.807) is 18.3 Å². The van der Waals surface area contributed by atoms with Gasteiger partial charge in [-0.25, -0.2) is 4.98 Å². The van der Waals surface area contributed by atoms with Gasteiger partial charge in [0.2, 0.25) is 5.91 Å². The number of thioether (sulfide) groups is 1. The number of hydrazine groups is 1. The number of rotatable bonds is 8. The molecule has 0 aliphatic carbocycles. The molecule has 1 aromatic rings. The van der Waals surface area contributed by atoms with Crippen LogP contribution in [0.1, 0.15) is 6.42 Å². The number of anilines is 1. The topological polar surface area (TPSA) is 106 Å². The Balaban J connectivity index is 2.10. The number of aromatic nitrogens is 1. The summed E-state index contributed by atoms with van der Waals surface area (Å²) in [6.07, 6.45) is 2.09. The third-order valence-electron chi connectivity index (χ3n) is 2.31. The van der Waals surface area contributed by atoms with Gasteiger partial charge in [-0.15, -0.1) is 0 Å². The average molecular weight is 298 g/mol. The second kappa shape index (κ2) is 9.16. The minimum atomic E-state index is -0.637. The van der Waals surface area contributed by atoms with E-state index < -0.39 is 12.0 Å². The van der Waals surface area contributed by atoms with Crippen molar-refractivity contribution < 1.29 is 14.3 Å². The third kappa shape index (κ3) is 6.39. The highest BCUT2D eigenvalue weighted by molar-refractivity contribution is 7.99. The molecule has 0 aliphatic heterocycles. The number of nitrogens with zero attached hydrogens (tertiary/aromatic N) is 1. The Bertz CT molecular complexity index is 430. The molecule has 1 unspecified atom stereocenters. The van der Waals surface area contributed by atoms with Crippen molar-refractivity contribution in [1.82, 2.24) is 10.4 Å². The highest BCUT2D eigenvalue weighted by atomic mass is 32.2. The summed E-state index contributed by atoms with van der Waals surface area (Å²) < 4.78 is 4.51. The molecule has 8 heteroatoms. The van der Waals surface area contributed by atoms with Crippen LogP contribution in [0.25, 0.3) is 0 Å². The van der Waals surface area contributed by atoms with E-state index in [-0.39, 0.29) is 11.7 Å². The third-order valence-corrected chi connectivity index (χ3v) is 3.30. The van der Waals surface area contributed by atoms with Gasteiger partial charge >= 0.3 is 5.97 Å². The zero-order valence-electron chi connectivity index (χ0n) is 11.2. The van der Waals surface area contributed by atoms with Gasteiger partial charge in [0.15, 0.2) is 0 Å². The molecule has 0 saturated carbocycles. The lowest BCUT2D eigenvalue weighted by Gasteiger charge is -2.09. The second-order valence-electron chi connectivity index (χ2n) is 3.86. The van der Waals surface area contributed by atoms with Crippen LogP contribution >= 0.6 is 11.8 Å². The first-order valence-electron chi connectivity index (χ1n) is 6.00. The first-order chi connectivity index (χ1) is 9.63. The number of esters is 1. The van der Waals surface area contributed by atoms with Crippen LogP contribution in [0.5, 0.6) is 0 Å². The van der Waals surface area contributed by atoms with Crippen LogP contribution in [0.3, 0.4) is 0 Å². The van der Waals surface area contributed by atoms with Crippen molar-refractivity contribution >= 4 is 29.5 Å².